The Morgan fingerprint density at radius 3 is 2.18 bits per heavy atom. The molecular weight excluding hydrogens is 472 g/mol. The summed E-state index contributed by atoms with van der Waals surface area (Å²) in [5.74, 6) is -2.39. The van der Waals surface area contributed by atoms with Gasteiger partial charge in [0.25, 0.3) is 11.8 Å². The Morgan fingerprint density at radius 2 is 1.53 bits per heavy atom. The lowest BCUT2D eigenvalue weighted by Gasteiger charge is -2.29. The van der Waals surface area contributed by atoms with Crippen LogP contribution in [-0.4, -0.2) is 16.9 Å². The topological polar surface area (TPSA) is 58.6 Å². The number of ether oxygens (including phenoxy) is 1. The number of amides is 2. The minimum absolute atomic E-state index is 0.228. The number of nitrogens with zero attached hydrogens (tertiary/aromatic N) is 1. The lowest BCUT2D eigenvalue weighted by atomic mass is 10.0. The lowest BCUT2D eigenvalue weighted by Crippen LogP contribution is -2.54. The van der Waals surface area contributed by atoms with Crippen molar-refractivity contribution in [2.45, 2.75) is 6.18 Å². The summed E-state index contributed by atoms with van der Waals surface area (Å²) in [6, 6.07) is 17.7. The van der Waals surface area contributed by atoms with Gasteiger partial charge in [0.05, 0.1) is 11.3 Å². The van der Waals surface area contributed by atoms with Gasteiger partial charge in [-0.2, -0.15) is 13.2 Å². The smallest absolute Gasteiger partial charge is 0.419 e. The van der Waals surface area contributed by atoms with Gasteiger partial charge in [-0.3, -0.25) is 19.8 Å². The van der Waals surface area contributed by atoms with Gasteiger partial charge in [-0.25, -0.2) is 4.39 Å². The number of benzene rings is 3. The van der Waals surface area contributed by atoms with Crippen LogP contribution in [0, 0.1) is 5.82 Å². The van der Waals surface area contributed by atoms with E-state index in [0.29, 0.717) is 17.6 Å². The van der Waals surface area contributed by atoms with Gasteiger partial charge < -0.3 is 4.74 Å². The molecule has 0 unspecified atom stereocenters. The molecule has 1 N–H and O–H groups in total. The van der Waals surface area contributed by atoms with Gasteiger partial charge in [-0.1, -0.05) is 30.3 Å². The first kappa shape index (κ1) is 23.1. The van der Waals surface area contributed by atoms with Crippen LogP contribution in [0.4, 0.5) is 23.2 Å². The summed E-state index contributed by atoms with van der Waals surface area (Å²) < 4.78 is 59.2. The van der Waals surface area contributed by atoms with Crippen LogP contribution in [0.3, 0.4) is 0 Å². The number of hydrogen-bond acceptors (Lipinski definition) is 4. The Kier molecular flexibility index (Phi) is 6.16. The van der Waals surface area contributed by atoms with Gasteiger partial charge in [-0.05, 0) is 60.8 Å². The molecule has 1 fully saturated rings. The molecule has 5 nitrogen and oxygen atoms in total. The van der Waals surface area contributed by atoms with Gasteiger partial charge >= 0.3 is 6.18 Å². The first-order valence-corrected chi connectivity index (χ1v) is 10.2. The largest absolute Gasteiger partial charge is 0.457 e. The monoisotopic (exact) mass is 486 g/mol. The van der Waals surface area contributed by atoms with Crippen molar-refractivity contribution in [2.24, 2.45) is 0 Å². The fourth-order valence-corrected chi connectivity index (χ4v) is 3.50. The third-order valence-corrected chi connectivity index (χ3v) is 5.09. The van der Waals surface area contributed by atoms with Crippen LogP contribution in [0.25, 0.3) is 6.08 Å². The number of rotatable bonds is 4. The summed E-state index contributed by atoms with van der Waals surface area (Å²) >= 11 is 5.11. The van der Waals surface area contributed by atoms with E-state index in [9.17, 15) is 27.2 Å². The molecule has 4 rings (SSSR count). The third kappa shape index (κ3) is 4.67. The average Bonchev–Trinajstić information content (AvgIpc) is 2.78. The zero-order valence-corrected chi connectivity index (χ0v) is 17.9. The van der Waals surface area contributed by atoms with E-state index in [1.165, 1.54) is 12.1 Å². The summed E-state index contributed by atoms with van der Waals surface area (Å²) in [7, 11) is 0. The Morgan fingerprint density at radius 1 is 0.882 bits per heavy atom. The number of carbonyl (C=O) groups excluding carboxylic acids is 2. The van der Waals surface area contributed by atoms with Crippen LogP contribution < -0.4 is 15.0 Å². The Hall–Kier alpha value is -4.05. The van der Waals surface area contributed by atoms with Crippen molar-refractivity contribution >= 4 is 40.9 Å². The predicted octanol–water partition coefficient (Wildman–Crippen LogP) is 5.47. The molecule has 1 aliphatic heterocycles. The Balaban J connectivity index is 1.64. The van der Waals surface area contributed by atoms with Crippen molar-refractivity contribution in [3.63, 3.8) is 0 Å². The van der Waals surface area contributed by atoms with Gasteiger partial charge in [0.15, 0.2) is 5.11 Å². The van der Waals surface area contributed by atoms with Crippen LogP contribution in [0.15, 0.2) is 78.4 Å². The summed E-state index contributed by atoms with van der Waals surface area (Å²) in [6.45, 7) is 0. The van der Waals surface area contributed by atoms with Crippen LogP contribution >= 0.6 is 12.2 Å². The summed E-state index contributed by atoms with van der Waals surface area (Å²) in [5, 5.41) is 2.07. The number of carbonyl (C=O) groups is 2. The molecule has 1 saturated heterocycles. The van der Waals surface area contributed by atoms with Crippen LogP contribution in [0.5, 0.6) is 11.5 Å². The van der Waals surface area contributed by atoms with Crippen molar-refractivity contribution in [3.8, 4) is 11.5 Å². The van der Waals surface area contributed by atoms with Crippen molar-refractivity contribution < 1.29 is 31.9 Å². The molecule has 0 radical (unpaired) electrons. The fraction of sp³-hybridized carbons (Fsp3) is 0.0417. The zero-order chi connectivity index (χ0) is 24.5. The molecule has 34 heavy (non-hydrogen) atoms. The van der Waals surface area contributed by atoms with Crippen molar-refractivity contribution in [3.05, 3.63) is 95.3 Å². The summed E-state index contributed by atoms with van der Waals surface area (Å²) in [6.07, 6.45) is -4.17. The second kappa shape index (κ2) is 9.06. The third-order valence-electron chi connectivity index (χ3n) is 4.81. The van der Waals surface area contributed by atoms with E-state index in [-0.39, 0.29) is 10.8 Å². The summed E-state index contributed by atoms with van der Waals surface area (Å²) in [4.78, 5) is 26.4. The number of halogens is 4. The first-order chi connectivity index (χ1) is 16.1. The van der Waals surface area contributed by atoms with E-state index in [0.717, 1.165) is 23.1 Å². The lowest BCUT2D eigenvalue weighted by molar-refractivity contribution is -0.140. The SMILES string of the molecule is O=C1NC(=S)N(c2ccc(Oc3ccccc3)cc2)C(=O)/C1=C/c1cccc(C(F)(F)F)c1F. The fourth-order valence-electron chi connectivity index (χ4n) is 3.22. The number of anilines is 1. The quantitative estimate of drug-likeness (QED) is 0.230. The zero-order valence-electron chi connectivity index (χ0n) is 17.1. The van der Waals surface area contributed by atoms with E-state index in [4.69, 9.17) is 17.0 Å². The highest BCUT2D eigenvalue weighted by Crippen LogP contribution is 2.33. The minimum Gasteiger partial charge on any atom is -0.457 e. The van der Waals surface area contributed by atoms with Gasteiger partial charge in [0, 0.05) is 5.56 Å². The van der Waals surface area contributed by atoms with E-state index in [2.05, 4.69) is 5.32 Å². The maximum Gasteiger partial charge on any atom is 0.419 e. The Bertz CT molecular complexity index is 1310. The number of para-hydroxylation sites is 1. The second-order valence-corrected chi connectivity index (χ2v) is 7.46. The number of thiocarbonyl (C=S) groups is 1. The number of alkyl halides is 3. The first-order valence-electron chi connectivity index (χ1n) is 9.75. The molecule has 0 aromatic heterocycles. The normalized spacial score (nSPS) is 15.5. The van der Waals surface area contributed by atoms with Gasteiger partial charge in [-0.15, -0.1) is 0 Å². The van der Waals surface area contributed by atoms with Crippen LogP contribution in [0.1, 0.15) is 11.1 Å². The standard InChI is InChI=1S/C24H14F4N2O3S/c25-20-14(5-4-8-19(20)24(26,27)28)13-18-21(31)29-23(34)30(22(18)32)15-9-11-17(12-10-15)33-16-6-2-1-3-7-16/h1-13H,(H,29,31,34)/b18-13+. The maximum atomic E-state index is 14.4. The van der Waals surface area contributed by atoms with Crippen LogP contribution in [0.2, 0.25) is 0 Å². The molecule has 0 aliphatic carbocycles. The average molecular weight is 486 g/mol. The minimum atomic E-state index is -4.94. The molecule has 3 aromatic carbocycles. The van der Waals surface area contributed by atoms with Crippen molar-refractivity contribution in [1.82, 2.24) is 5.32 Å². The molecule has 0 atom stereocenters. The molecule has 172 valence electrons. The maximum absolute atomic E-state index is 14.4. The van der Waals surface area contributed by atoms with Crippen LogP contribution in [-0.2, 0) is 15.8 Å². The molecule has 3 aromatic rings. The van der Waals surface area contributed by atoms with E-state index >= 15 is 0 Å². The van der Waals surface area contributed by atoms with E-state index < -0.39 is 40.5 Å². The molecule has 2 amide bonds. The predicted molar refractivity (Wildman–Crippen MR) is 121 cm³/mol. The molecule has 0 bridgehead atoms. The highest BCUT2D eigenvalue weighted by Gasteiger charge is 2.37. The van der Waals surface area contributed by atoms with E-state index in [1.807, 2.05) is 6.07 Å². The second-order valence-electron chi connectivity index (χ2n) is 7.07. The van der Waals surface area contributed by atoms with Gasteiger partial charge in [0.2, 0.25) is 0 Å². The molecule has 1 aliphatic rings. The molecule has 0 saturated carbocycles. The molecule has 10 heteroatoms. The van der Waals surface area contributed by atoms with Crippen molar-refractivity contribution in [1.29, 1.82) is 0 Å². The highest BCUT2D eigenvalue weighted by molar-refractivity contribution is 7.80. The highest BCUT2D eigenvalue weighted by atomic mass is 32.1. The number of hydrogen-bond donors (Lipinski definition) is 1. The molecule has 1 heterocycles. The number of nitrogens with one attached hydrogen (secondary N) is 1. The van der Waals surface area contributed by atoms with Gasteiger partial charge in [0.1, 0.15) is 22.9 Å². The van der Waals surface area contributed by atoms with Crippen molar-refractivity contribution in [2.75, 3.05) is 4.90 Å². The summed E-state index contributed by atoms with van der Waals surface area (Å²) in [5.41, 5.74) is -2.37. The Labute approximate surface area is 196 Å². The molecule has 0 spiro atoms. The molecular formula is C24H14F4N2O3S. The van der Waals surface area contributed by atoms with E-state index in [1.54, 1.807) is 36.4 Å².